The molecule has 3 N–H and O–H groups in total. The largest absolute Gasteiger partial charge is 0.461 e. The average molecular weight is 450 g/mol. The second kappa shape index (κ2) is 13.3. The number of hydrogen-bond donors (Lipinski definition) is 3. The van der Waals surface area contributed by atoms with Crippen LogP contribution in [0.25, 0.3) is 0 Å². The Kier molecular flexibility index (Phi) is 11.2. The molecule has 0 saturated heterocycles. The fourth-order valence-corrected chi connectivity index (χ4v) is 2.59. The molecule has 3 amide bonds. The van der Waals surface area contributed by atoms with Crippen LogP contribution in [0.3, 0.4) is 0 Å². The Morgan fingerprint density at radius 1 is 1.00 bits per heavy atom. The van der Waals surface area contributed by atoms with Crippen molar-refractivity contribution in [1.29, 1.82) is 0 Å². The van der Waals surface area contributed by atoms with Crippen molar-refractivity contribution in [3.63, 3.8) is 0 Å². The van der Waals surface area contributed by atoms with E-state index in [0.29, 0.717) is 6.42 Å². The molecule has 0 aliphatic heterocycles. The number of esters is 1. The van der Waals surface area contributed by atoms with Crippen molar-refractivity contribution >= 4 is 23.9 Å². The van der Waals surface area contributed by atoms with Crippen LogP contribution >= 0.6 is 0 Å². The molecule has 9 nitrogen and oxygen atoms in total. The van der Waals surface area contributed by atoms with Gasteiger partial charge in [0.25, 0.3) is 0 Å². The second-order valence-electron chi connectivity index (χ2n) is 8.69. The first kappa shape index (κ1) is 26.9. The van der Waals surface area contributed by atoms with Crippen LogP contribution in [-0.2, 0) is 30.5 Å². The van der Waals surface area contributed by atoms with E-state index in [4.69, 9.17) is 9.47 Å². The summed E-state index contributed by atoms with van der Waals surface area (Å²) in [7, 11) is 0. The molecule has 0 aromatic heterocycles. The van der Waals surface area contributed by atoms with Crippen molar-refractivity contribution in [3.8, 4) is 0 Å². The number of ether oxygens (including phenoxy) is 2. The number of carbonyl (C=O) groups excluding carboxylic acids is 4. The lowest BCUT2D eigenvalue weighted by Crippen LogP contribution is -2.52. The summed E-state index contributed by atoms with van der Waals surface area (Å²) in [5.74, 6) is -1.38. The van der Waals surface area contributed by atoms with E-state index in [0.717, 1.165) is 5.56 Å². The first-order chi connectivity index (χ1) is 15.0. The highest BCUT2D eigenvalue weighted by molar-refractivity contribution is 5.89. The van der Waals surface area contributed by atoms with E-state index >= 15 is 0 Å². The second-order valence-corrected chi connectivity index (χ2v) is 8.69. The first-order valence-corrected chi connectivity index (χ1v) is 10.7. The number of alkyl carbamates (subject to hydrolysis) is 1. The third-order valence-corrected chi connectivity index (χ3v) is 4.16. The van der Waals surface area contributed by atoms with Gasteiger partial charge in [-0.3, -0.25) is 14.4 Å². The van der Waals surface area contributed by atoms with Gasteiger partial charge in [0, 0.05) is 13.0 Å². The highest BCUT2D eigenvalue weighted by Crippen LogP contribution is 2.06. The van der Waals surface area contributed by atoms with Crippen molar-refractivity contribution in [2.24, 2.45) is 5.92 Å². The van der Waals surface area contributed by atoms with E-state index in [2.05, 4.69) is 16.0 Å². The highest BCUT2D eigenvalue weighted by Gasteiger charge is 2.24. The molecule has 0 unspecified atom stereocenters. The zero-order chi connectivity index (χ0) is 24.1. The van der Waals surface area contributed by atoms with Crippen molar-refractivity contribution < 1.29 is 28.7 Å². The number of amides is 3. The van der Waals surface area contributed by atoms with Gasteiger partial charge in [-0.25, -0.2) is 4.79 Å². The molecule has 1 aromatic carbocycles. The summed E-state index contributed by atoms with van der Waals surface area (Å²) < 4.78 is 10.3. The number of benzene rings is 1. The molecule has 1 aromatic rings. The van der Waals surface area contributed by atoms with Gasteiger partial charge in [-0.15, -0.1) is 0 Å². The minimum absolute atomic E-state index is 0.170. The molecule has 9 heteroatoms. The maximum atomic E-state index is 12.4. The number of carbonyl (C=O) groups is 4. The molecule has 0 fully saturated rings. The van der Waals surface area contributed by atoms with Gasteiger partial charge in [0.1, 0.15) is 24.8 Å². The van der Waals surface area contributed by atoms with Gasteiger partial charge < -0.3 is 25.4 Å². The molecule has 1 rings (SSSR count). The molecule has 0 aliphatic rings. The van der Waals surface area contributed by atoms with E-state index in [-0.39, 0.29) is 43.9 Å². The summed E-state index contributed by atoms with van der Waals surface area (Å²) in [6.07, 6.45) is -0.124. The van der Waals surface area contributed by atoms with Crippen LogP contribution < -0.4 is 16.0 Å². The quantitative estimate of drug-likeness (QED) is 0.352. The van der Waals surface area contributed by atoms with E-state index in [1.807, 2.05) is 30.3 Å². The molecule has 32 heavy (non-hydrogen) atoms. The molecule has 0 saturated carbocycles. The molecule has 0 heterocycles. The average Bonchev–Trinajstić information content (AvgIpc) is 2.71. The zero-order valence-electron chi connectivity index (χ0n) is 19.5. The molecular formula is C23H35N3O6. The summed E-state index contributed by atoms with van der Waals surface area (Å²) in [6.45, 7) is 8.93. The topological polar surface area (TPSA) is 123 Å². The van der Waals surface area contributed by atoms with Gasteiger partial charge in [-0.05, 0) is 38.7 Å². The molecule has 0 aliphatic carbocycles. The monoisotopic (exact) mass is 449 g/mol. The minimum Gasteiger partial charge on any atom is -0.461 e. The van der Waals surface area contributed by atoms with E-state index in [1.54, 1.807) is 34.6 Å². The predicted octanol–water partition coefficient (Wildman–Crippen LogP) is 2.29. The van der Waals surface area contributed by atoms with Crippen LogP contribution in [0.2, 0.25) is 0 Å². The smallest absolute Gasteiger partial charge is 0.408 e. The van der Waals surface area contributed by atoms with Gasteiger partial charge in [0.05, 0.1) is 0 Å². The first-order valence-electron chi connectivity index (χ1n) is 10.7. The van der Waals surface area contributed by atoms with Gasteiger partial charge >= 0.3 is 12.1 Å². The summed E-state index contributed by atoms with van der Waals surface area (Å²) >= 11 is 0. The Balaban J connectivity index is 2.32. The van der Waals surface area contributed by atoms with E-state index in [1.165, 1.54) is 0 Å². The van der Waals surface area contributed by atoms with Crippen LogP contribution in [-0.4, -0.2) is 48.6 Å². The Bertz CT molecular complexity index is 759. The summed E-state index contributed by atoms with van der Waals surface area (Å²) in [5, 5.41) is 7.69. The highest BCUT2D eigenvalue weighted by atomic mass is 16.6. The number of rotatable bonds is 11. The predicted molar refractivity (Wildman–Crippen MR) is 119 cm³/mol. The van der Waals surface area contributed by atoms with Crippen molar-refractivity contribution in [3.05, 3.63) is 35.9 Å². The van der Waals surface area contributed by atoms with Gasteiger partial charge in [-0.2, -0.15) is 0 Å². The minimum atomic E-state index is -0.770. The fraction of sp³-hybridized carbons (Fsp3) is 0.565. The Morgan fingerprint density at radius 3 is 2.25 bits per heavy atom. The molecular weight excluding hydrogens is 414 g/mol. The fourth-order valence-electron chi connectivity index (χ4n) is 2.59. The zero-order valence-corrected chi connectivity index (χ0v) is 19.5. The molecule has 1 atom stereocenters. The van der Waals surface area contributed by atoms with Crippen molar-refractivity contribution in [1.82, 2.24) is 16.0 Å². The molecule has 0 radical (unpaired) electrons. The number of nitrogens with one attached hydrogen (secondary N) is 3. The maximum Gasteiger partial charge on any atom is 0.408 e. The Hall–Kier alpha value is -3.10. The van der Waals surface area contributed by atoms with Crippen LogP contribution in [0.4, 0.5) is 4.79 Å². The maximum absolute atomic E-state index is 12.4. The lowest BCUT2D eigenvalue weighted by Gasteiger charge is -2.22. The van der Waals surface area contributed by atoms with Crippen LogP contribution in [0, 0.1) is 5.92 Å². The van der Waals surface area contributed by atoms with Crippen molar-refractivity contribution in [2.75, 3.05) is 13.1 Å². The molecule has 0 bridgehead atoms. The van der Waals surface area contributed by atoms with Crippen LogP contribution in [0.1, 0.15) is 53.0 Å². The standard InChI is InChI=1S/C23H35N3O6/c1-16(2)20(26-18(27)14-25-22(30)32-23(3,4)5)21(29)24-13-9-12-19(28)31-15-17-10-7-6-8-11-17/h6-8,10-11,16,20H,9,12-15H2,1-5H3,(H,24,29)(H,25,30)(H,26,27)/t20-/m0/s1. The lowest BCUT2D eigenvalue weighted by atomic mass is 10.0. The number of hydrogen-bond acceptors (Lipinski definition) is 6. The van der Waals surface area contributed by atoms with Crippen molar-refractivity contribution in [2.45, 2.75) is 65.7 Å². The van der Waals surface area contributed by atoms with Gasteiger partial charge in [0.15, 0.2) is 0 Å². The summed E-state index contributed by atoms with van der Waals surface area (Å²) in [6, 6.07) is 8.60. The normalized spacial score (nSPS) is 11.9. The van der Waals surface area contributed by atoms with Gasteiger partial charge in [0.2, 0.25) is 11.8 Å². The third kappa shape index (κ3) is 11.9. The Morgan fingerprint density at radius 2 is 1.66 bits per heavy atom. The SMILES string of the molecule is CC(C)[C@H](NC(=O)CNC(=O)OC(C)(C)C)C(=O)NCCCC(=O)OCc1ccccc1. The lowest BCUT2D eigenvalue weighted by molar-refractivity contribution is -0.145. The summed E-state index contributed by atoms with van der Waals surface area (Å²) in [5.41, 5.74) is 0.236. The van der Waals surface area contributed by atoms with Crippen LogP contribution in [0.5, 0.6) is 0 Å². The molecule has 178 valence electrons. The van der Waals surface area contributed by atoms with E-state index in [9.17, 15) is 19.2 Å². The molecule has 0 spiro atoms. The Labute approximate surface area is 189 Å². The third-order valence-electron chi connectivity index (χ3n) is 4.16. The van der Waals surface area contributed by atoms with Gasteiger partial charge in [-0.1, -0.05) is 44.2 Å². The van der Waals surface area contributed by atoms with Crippen LogP contribution in [0.15, 0.2) is 30.3 Å². The van der Waals surface area contributed by atoms with E-state index < -0.39 is 23.6 Å². The summed E-state index contributed by atoms with van der Waals surface area (Å²) in [4.78, 5) is 48.0.